The molecule has 1 saturated heterocycles. The van der Waals surface area contributed by atoms with Gasteiger partial charge in [0.05, 0.1) is 12.7 Å². The minimum atomic E-state index is 0.367. The molecule has 66 valence electrons. The maximum atomic E-state index is 5.39. The highest BCUT2D eigenvalue weighted by atomic mass is 16.5. The van der Waals surface area contributed by atoms with Crippen LogP contribution in [0.5, 0.6) is 0 Å². The van der Waals surface area contributed by atoms with Crippen molar-refractivity contribution in [3.05, 3.63) is 0 Å². The highest BCUT2D eigenvalue weighted by Gasteiger charge is 2.22. The average Bonchev–Trinajstić information content (AvgIpc) is 2.37. The largest absolute Gasteiger partial charge is 0.383 e. The Morgan fingerprint density at radius 3 is 3.00 bits per heavy atom. The van der Waals surface area contributed by atoms with Gasteiger partial charge in [0, 0.05) is 26.3 Å². The molecule has 0 aromatic heterocycles. The quantitative estimate of drug-likeness (QED) is 0.602. The predicted octanol–water partition coefficient (Wildman–Crippen LogP) is 0.400. The molecule has 0 amide bonds. The van der Waals surface area contributed by atoms with E-state index in [2.05, 4.69) is 12.2 Å². The van der Waals surface area contributed by atoms with Gasteiger partial charge in [-0.3, -0.25) is 0 Å². The van der Waals surface area contributed by atoms with Gasteiger partial charge in [0.1, 0.15) is 0 Å². The van der Waals surface area contributed by atoms with E-state index in [0.717, 1.165) is 26.2 Å². The molecule has 0 aliphatic carbocycles. The summed E-state index contributed by atoms with van der Waals surface area (Å²) in [6, 6.07) is 0.533. The van der Waals surface area contributed by atoms with Crippen LogP contribution in [0.3, 0.4) is 0 Å². The van der Waals surface area contributed by atoms with Crippen molar-refractivity contribution in [2.45, 2.75) is 25.5 Å². The Hall–Kier alpha value is -0.120. The van der Waals surface area contributed by atoms with Crippen LogP contribution >= 0.6 is 0 Å². The summed E-state index contributed by atoms with van der Waals surface area (Å²) in [7, 11) is 1.72. The second kappa shape index (κ2) is 4.70. The predicted molar refractivity (Wildman–Crippen MR) is 43.7 cm³/mol. The van der Waals surface area contributed by atoms with Crippen molar-refractivity contribution in [1.82, 2.24) is 5.32 Å². The zero-order chi connectivity index (χ0) is 8.10. The molecule has 0 unspecified atom stereocenters. The molecule has 11 heavy (non-hydrogen) atoms. The van der Waals surface area contributed by atoms with Gasteiger partial charge in [-0.05, 0) is 13.3 Å². The number of hydrogen-bond donors (Lipinski definition) is 1. The molecule has 3 nitrogen and oxygen atoms in total. The van der Waals surface area contributed by atoms with E-state index in [1.54, 1.807) is 7.11 Å². The van der Waals surface area contributed by atoms with E-state index in [9.17, 15) is 0 Å². The molecule has 1 heterocycles. The fraction of sp³-hybridized carbons (Fsp3) is 1.00. The minimum absolute atomic E-state index is 0.367. The molecule has 1 N–H and O–H groups in total. The number of ether oxygens (including phenoxy) is 2. The molecule has 0 saturated carbocycles. The van der Waals surface area contributed by atoms with Crippen LogP contribution < -0.4 is 5.32 Å². The topological polar surface area (TPSA) is 30.5 Å². The molecule has 1 fully saturated rings. The van der Waals surface area contributed by atoms with Gasteiger partial charge in [0.25, 0.3) is 0 Å². The Balaban J connectivity index is 2.05. The Kier molecular flexibility index (Phi) is 3.83. The lowest BCUT2D eigenvalue weighted by molar-refractivity contribution is 0.110. The van der Waals surface area contributed by atoms with Gasteiger partial charge in [0.15, 0.2) is 0 Å². The van der Waals surface area contributed by atoms with Gasteiger partial charge in [0.2, 0.25) is 0 Å². The van der Waals surface area contributed by atoms with Gasteiger partial charge in [-0.25, -0.2) is 0 Å². The number of methoxy groups -OCH3 is 1. The van der Waals surface area contributed by atoms with Gasteiger partial charge in [-0.15, -0.1) is 0 Å². The molecule has 1 rings (SSSR count). The van der Waals surface area contributed by atoms with E-state index in [4.69, 9.17) is 9.47 Å². The van der Waals surface area contributed by atoms with E-state index < -0.39 is 0 Å². The Labute approximate surface area is 68.1 Å². The van der Waals surface area contributed by atoms with Crippen LogP contribution in [0.25, 0.3) is 0 Å². The summed E-state index contributed by atoms with van der Waals surface area (Å²) >= 11 is 0. The maximum Gasteiger partial charge on any atom is 0.0700 e. The van der Waals surface area contributed by atoms with Crippen LogP contribution in [-0.4, -0.2) is 39.0 Å². The normalized spacial score (nSPS) is 31.1. The van der Waals surface area contributed by atoms with Gasteiger partial charge in [-0.1, -0.05) is 0 Å². The third-order valence-corrected chi connectivity index (χ3v) is 2.09. The smallest absolute Gasteiger partial charge is 0.0700 e. The van der Waals surface area contributed by atoms with E-state index >= 15 is 0 Å². The van der Waals surface area contributed by atoms with Crippen molar-refractivity contribution < 1.29 is 9.47 Å². The van der Waals surface area contributed by atoms with E-state index in [1.165, 1.54) is 0 Å². The van der Waals surface area contributed by atoms with Crippen molar-refractivity contribution in [3.63, 3.8) is 0 Å². The number of rotatable bonds is 4. The van der Waals surface area contributed by atoms with Crippen molar-refractivity contribution in [2.75, 3.05) is 26.9 Å². The molecule has 0 aromatic rings. The molecule has 0 aromatic carbocycles. The molecule has 1 aliphatic rings. The van der Waals surface area contributed by atoms with Crippen LogP contribution in [0.15, 0.2) is 0 Å². The lowest BCUT2D eigenvalue weighted by atomic mass is 10.1. The standard InChI is InChI=1S/C8H17NO2/c1-7-8(3-5-11-7)9-4-6-10-2/h7-9H,3-6H2,1-2H3/t7-,8-/m0/s1. The minimum Gasteiger partial charge on any atom is -0.383 e. The van der Waals surface area contributed by atoms with E-state index in [1.807, 2.05) is 0 Å². The van der Waals surface area contributed by atoms with Crippen molar-refractivity contribution in [1.29, 1.82) is 0 Å². The monoisotopic (exact) mass is 159 g/mol. The third-order valence-electron chi connectivity index (χ3n) is 2.09. The summed E-state index contributed by atoms with van der Waals surface area (Å²) in [5.41, 5.74) is 0. The van der Waals surface area contributed by atoms with Crippen molar-refractivity contribution in [2.24, 2.45) is 0 Å². The summed E-state index contributed by atoms with van der Waals surface area (Å²) in [4.78, 5) is 0. The second-order valence-electron chi connectivity index (χ2n) is 2.92. The summed E-state index contributed by atoms with van der Waals surface area (Å²) in [6.07, 6.45) is 1.50. The lowest BCUT2D eigenvalue weighted by Gasteiger charge is -2.15. The molecule has 1 aliphatic heterocycles. The Morgan fingerprint density at radius 2 is 2.45 bits per heavy atom. The van der Waals surface area contributed by atoms with Crippen molar-refractivity contribution >= 4 is 0 Å². The Bertz CT molecular complexity index is 108. The van der Waals surface area contributed by atoms with Gasteiger partial charge >= 0.3 is 0 Å². The highest BCUT2D eigenvalue weighted by molar-refractivity contribution is 4.78. The first-order chi connectivity index (χ1) is 5.34. The number of hydrogen-bond acceptors (Lipinski definition) is 3. The maximum absolute atomic E-state index is 5.39. The summed E-state index contributed by atoms with van der Waals surface area (Å²) in [5, 5.41) is 3.38. The lowest BCUT2D eigenvalue weighted by Crippen LogP contribution is -2.36. The summed E-state index contributed by atoms with van der Waals surface area (Å²) in [6.45, 7) is 4.71. The summed E-state index contributed by atoms with van der Waals surface area (Å²) < 4.78 is 10.3. The van der Waals surface area contributed by atoms with E-state index in [-0.39, 0.29) is 0 Å². The fourth-order valence-corrected chi connectivity index (χ4v) is 1.35. The first-order valence-electron chi connectivity index (χ1n) is 4.18. The van der Waals surface area contributed by atoms with Gasteiger partial charge in [-0.2, -0.15) is 0 Å². The molecular formula is C8H17NO2. The van der Waals surface area contributed by atoms with E-state index in [0.29, 0.717) is 12.1 Å². The first kappa shape index (κ1) is 8.97. The third kappa shape index (κ3) is 2.77. The molecule has 0 bridgehead atoms. The van der Waals surface area contributed by atoms with Crippen LogP contribution in [0, 0.1) is 0 Å². The summed E-state index contributed by atoms with van der Waals surface area (Å²) in [5.74, 6) is 0. The van der Waals surface area contributed by atoms with Crippen LogP contribution in [0.2, 0.25) is 0 Å². The number of nitrogens with one attached hydrogen (secondary N) is 1. The SMILES string of the molecule is COCCN[C@H]1CCO[C@H]1C. The molecule has 0 spiro atoms. The van der Waals surface area contributed by atoms with Gasteiger partial charge < -0.3 is 14.8 Å². The first-order valence-corrected chi connectivity index (χ1v) is 4.18. The van der Waals surface area contributed by atoms with Crippen LogP contribution in [0.1, 0.15) is 13.3 Å². The van der Waals surface area contributed by atoms with Crippen LogP contribution in [-0.2, 0) is 9.47 Å². The molecule has 3 heteroatoms. The zero-order valence-electron chi connectivity index (χ0n) is 7.30. The molecular weight excluding hydrogens is 142 g/mol. The second-order valence-corrected chi connectivity index (χ2v) is 2.92. The average molecular weight is 159 g/mol. The van der Waals surface area contributed by atoms with Crippen molar-refractivity contribution in [3.8, 4) is 0 Å². The zero-order valence-corrected chi connectivity index (χ0v) is 7.30. The highest BCUT2D eigenvalue weighted by Crippen LogP contribution is 2.11. The Morgan fingerprint density at radius 1 is 1.64 bits per heavy atom. The van der Waals surface area contributed by atoms with Crippen LogP contribution in [0.4, 0.5) is 0 Å². The molecule has 2 atom stereocenters. The fourth-order valence-electron chi connectivity index (χ4n) is 1.35. The molecule has 0 radical (unpaired) electrons.